The summed E-state index contributed by atoms with van der Waals surface area (Å²) in [6, 6.07) is 20.2. The van der Waals surface area contributed by atoms with Gasteiger partial charge in [-0.2, -0.15) is 0 Å². The normalized spacial score (nSPS) is 13.6. The average Bonchev–Trinajstić information content (AvgIpc) is 2.84. The van der Waals surface area contributed by atoms with Crippen LogP contribution in [0, 0.1) is 6.92 Å². The Hall–Kier alpha value is -3.51. The Morgan fingerprint density at radius 2 is 1.63 bits per heavy atom. The Kier molecular flexibility index (Phi) is 7.61. The van der Waals surface area contributed by atoms with Crippen LogP contribution in [0.15, 0.2) is 66.7 Å². The van der Waals surface area contributed by atoms with Gasteiger partial charge in [-0.15, -0.1) is 0 Å². The van der Waals surface area contributed by atoms with E-state index < -0.39 is 0 Å². The van der Waals surface area contributed by atoms with Crippen LogP contribution in [0.1, 0.15) is 40.1 Å². The molecule has 0 unspecified atom stereocenters. The molecule has 182 valence electrons. The van der Waals surface area contributed by atoms with E-state index in [-0.39, 0.29) is 17.9 Å². The molecule has 3 aromatic carbocycles. The summed E-state index contributed by atoms with van der Waals surface area (Å²) < 4.78 is 5.63. The second kappa shape index (κ2) is 10.8. The number of hydrogen-bond acceptors (Lipinski definition) is 4. The molecule has 1 N–H and O–H groups in total. The predicted octanol–water partition coefficient (Wildman–Crippen LogP) is 5.65. The number of rotatable bonds is 6. The maximum atomic E-state index is 12.9. The first-order chi connectivity index (χ1) is 16.8. The van der Waals surface area contributed by atoms with Crippen LogP contribution in [-0.4, -0.2) is 49.0 Å². The van der Waals surface area contributed by atoms with Crippen molar-refractivity contribution in [2.45, 2.75) is 26.9 Å². The van der Waals surface area contributed by atoms with Crippen LogP contribution in [0.25, 0.3) is 0 Å². The first-order valence-corrected chi connectivity index (χ1v) is 12.2. The molecule has 35 heavy (non-hydrogen) atoms. The monoisotopic (exact) mass is 491 g/mol. The number of carbonyl (C=O) groups excluding carboxylic acids is 2. The van der Waals surface area contributed by atoms with Crippen LogP contribution in [0.5, 0.6) is 5.75 Å². The molecule has 2 amide bonds. The van der Waals surface area contributed by atoms with Crippen molar-refractivity contribution >= 4 is 34.8 Å². The van der Waals surface area contributed by atoms with E-state index in [2.05, 4.69) is 10.2 Å². The summed E-state index contributed by atoms with van der Waals surface area (Å²) in [4.78, 5) is 29.6. The Morgan fingerprint density at radius 1 is 0.943 bits per heavy atom. The molecule has 0 saturated carbocycles. The Bertz CT molecular complexity index is 1200. The van der Waals surface area contributed by atoms with Gasteiger partial charge in [0.05, 0.1) is 16.8 Å². The zero-order valence-corrected chi connectivity index (χ0v) is 21.0. The van der Waals surface area contributed by atoms with Gasteiger partial charge in [0.15, 0.2) is 0 Å². The first-order valence-electron chi connectivity index (χ1n) is 11.8. The number of aryl methyl sites for hydroxylation is 1. The predicted molar refractivity (Wildman–Crippen MR) is 141 cm³/mol. The lowest BCUT2D eigenvalue weighted by Crippen LogP contribution is -2.49. The molecule has 1 heterocycles. The minimum absolute atomic E-state index is 0.0655. The lowest BCUT2D eigenvalue weighted by atomic mass is 10.1. The molecule has 1 aliphatic rings. The van der Waals surface area contributed by atoms with E-state index in [0.29, 0.717) is 42.5 Å². The molecular weight excluding hydrogens is 462 g/mol. The van der Waals surface area contributed by atoms with Gasteiger partial charge in [0.1, 0.15) is 5.75 Å². The quantitative estimate of drug-likeness (QED) is 0.484. The fourth-order valence-corrected chi connectivity index (χ4v) is 4.44. The van der Waals surface area contributed by atoms with Gasteiger partial charge in [0, 0.05) is 43.0 Å². The third kappa shape index (κ3) is 5.95. The number of ether oxygens (including phenoxy) is 1. The first kappa shape index (κ1) is 24.6. The standard InChI is InChI=1S/C28H30ClN3O3/c1-19(2)35-23-11-8-21(9-12-23)27(33)30-22-10-13-26(25(29)18-22)31-14-16-32(17-15-31)28(34)24-7-5-4-6-20(24)3/h4-13,18-19H,14-17H2,1-3H3,(H,30,33). The highest BCUT2D eigenvalue weighted by Crippen LogP contribution is 2.30. The summed E-state index contributed by atoms with van der Waals surface area (Å²) in [6.45, 7) is 8.50. The smallest absolute Gasteiger partial charge is 0.255 e. The third-order valence-electron chi connectivity index (χ3n) is 5.98. The number of carbonyl (C=O) groups is 2. The van der Waals surface area contributed by atoms with E-state index in [0.717, 1.165) is 22.6 Å². The van der Waals surface area contributed by atoms with E-state index in [1.54, 1.807) is 30.3 Å². The van der Waals surface area contributed by atoms with Gasteiger partial charge in [-0.05, 0) is 74.9 Å². The molecule has 3 aromatic rings. The van der Waals surface area contributed by atoms with Gasteiger partial charge in [-0.1, -0.05) is 29.8 Å². The lowest BCUT2D eigenvalue weighted by molar-refractivity contribution is 0.0746. The number of hydrogen-bond donors (Lipinski definition) is 1. The molecule has 6 nitrogen and oxygen atoms in total. The van der Waals surface area contributed by atoms with Crippen LogP contribution < -0.4 is 15.0 Å². The van der Waals surface area contributed by atoms with Crippen LogP contribution in [0.4, 0.5) is 11.4 Å². The summed E-state index contributed by atoms with van der Waals surface area (Å²) in [6.07, 6.45) is 0.0758. The van der Waals surface area contributed by atoms with E-state index >= 15 is 0 Å². The van der Waals surface area contributed by atoms with Crippen molar-refractivity contribution in [1.82, 2.24) is 4.90 Å². The lowest BCUT2D eigenvalue weighted by Gasteiger charge is -2.36. The number of halogens is 1. The number of piperazine rings is 1. The number of benzene rings is 3. The molecule has 0 aromatic heterocycles. The Morgan fingerprint density at radius 3 is 2.26 bits per heavy atom. The second-order valence-corrected chi connectivity index (χ2v) is 9.31. The van der Waals surface area contributed by atoms with Crippen molar-refractivity contribution in [3.05, 3.63) is 88.4 Å². The van der Waals surface area contributed by atoms with Crippen LogP contribution in [0.3, 0.4) is 0 Å². The van der Waals surface area contributed by atoms with Gasteiger partial charge in [-0.3, -0.25) is 9.59 Å². The van der Waals surface area contributed by atoms with E-state index in [9.17, 15) is 9.59 Å². The van der Waals surface area contributed by atoms with Crippen LogP contribution in [-0.2, 0) is 0 Å². The molecule has 0 aliphatic carbocycles. The summed E-state index contributed by atoms with van der Waals surface area (Å²) in [5, 5.41) is 3.46. The largest absolute Gasteiger partial charge is 0.491 e. The zero-order valence-electron chi connectivity index (χ0n) is 20.3. The van der Waals surface area contributed by atoms with E-state index in [4.69, 9.17) is 16.3 Å². The van der Waals surface area contributed by atoms with Crippen molar-refractivity contribution in [2.24, 2.45) is 0 Å². The average molecular weight is 492 g/mol. The molecule has 0 bridgehead atoms. The van der Waals surface area contributed by atoms with Gasteiger partial charge in [-0.25, -0.2) is 0 Å². The molecular formula is C28H30ClN3O3. The maximum absolute atomic E-state index is 12.9. The van der Waals surface area contributed by atoms with Crippen molar-refractivity contribution in [3.8, 4) is 5.75 Å². The summed E-state index contributed by atoms with van der Waals surface area (Å²) in [5.74, 6) is 0.577. The van der Waals surface area contributed by atoms with Gasteiger partial charge in [0.2, 0.25) is 0 Å². The minimum atomic E-state index is -0.215. The van der Waals surface area contributed by atoms with Crippen LogP contribution >= 0.6 is 11.6 Å². The maximum Gasteiger partial charge on any atom is 0.255 e. The molecule has 1 saturated heterocycles. The SMILES string of the molecule is Cc1ccccc1C(=O)N1CCN(c2ccc(NC(=O)c3ccc(OC(C)C)cc3)cc2Cl)CC1. The fraction of sp³-hybridized carbons (Fsp3) is 0.286. The van der Waals surface area contributed by atoms with Crippen molar-refractivity contribution in [1.29, 1.82) is 0 Å². The van der Waals surface area contributed by atoms with E-state index in [1.807, 2.05) is 62.1 Å². The highest BCUT2D eigenvalue weighted by molar-refractivity contribution is 6.33. The highest BCUT2D eigenvalue weighted by atomic mass is 35.5. The zero-order chi connectivity index (χ0) is 24.9. The number of anilines is 2. The molecule has 0 radical (unpaired) electrons. The second-order valence-electron chi connectivity index (χ2n) is 8.91. The minimum Gasteiger partial charge on any atom is -0.491 e. The summed E-state index contributed by atoms with van der Waals surface area (Å²) in [7, 11) is 0. The molecule has 7 heteroatoms. The molecule has 0 spiro atoms. The molecule has 1 fully saturated rings. The van der Waals surface area contributed by atoms with E-state index in [1.165, 1.54) is 0 Å². The van der Waals surface area contributed by atoms with Crippen LogP contribution in [0.2, 0.25) is 5.02 Å². The number of amides is 2. The molecule has 4 rings (SSSR count). The highest BCUT2D eigenvalue weighted by Gasteiger charge is 2.24. The molecule has 0 atom stereocenters. The van der Waals surface area contributed by atoms with Crippen molar-refractivity contribution < 1.29 is 14.3 Å². The number of nitrogens with zero attached hydrogens (tertiary/aromatic N) is 2. The number of nitrogens with one attached hydrogen (secondary N) is 1. The van der Waals surface area contributed by atoms with Gasteiger partial charge >= 0.3 is 0 Å². The van der Waals surface area contributed by atoms with Gasteiger partial charge < -0.3 is 19.9 Å². The summed E-state index contributed by atoms with van der Waals surface area (Å²) in [5.41, 5.74) is 3.79. The van der Waals surface area contributed by atoms with Crippen molar-refractivity contribution in [2.75, 3.05) is 36.4 Å². The van der Waals surface area contributed by atoms with Gasteiger partial charge in [0.25, 0.3) is 11.8 Å². The molecule has 1 aliphatic heterocycles. The summed E-state index contributed by atoms with van der Waals surface area (Å²) >= 11 is 6.59. The van der Waals surface area contributed by atoms with Crippen molar-refractivity contribution in [3.63, 3.8) is 0 Å². The topological polar surface area (TPSA) is 61.9 Å². The Labute approximate surface area is 211 Å². The Balaban J connectivity index is 1.36. The third-order valence-corrected chi connectivity index (χ3v) is 6.28. The fourth-order valence-electron chi connectivity index (χ4n) is 4.14.